The molecule has 106 valence electrons. The van der Waals surface area contributed by atoms with E-state index in [0.717, 1.165) is 12.3 Å². The van der Waals surface area contributed by atoms with E-state index in [4.69, 9.17) is 4.74 Å². The van der Waals surface area contributed by atoms with E-state index in [1.54, 1.807) is 6.20 Å². The van der Waals surface area contributed by atoms with Crippen molar-refractivity contribution in [3.8, 4) is 11.6 Å². The summed E-state index contributed by atoms with van der Waals surface area (Å²) in [5.41, 5.74) is 1.26. The van der Waals surface area contributed by atoms with Crippen molar-refractivity contribution in [3.63, 3.8) is 0 Å². The first-order valence-corrected chi connectivity index (χ1v) is 6.70. The van der Waals surface area contributed by atoms with Crippen LogP contribution in [0, 0.1) is 0 Å². The first kappa shape index (κ1) is 14.5. The molecule has 0 saturated carbocycles. The van der Waals surface area contributed by atoms with E-state index in [2.05, 4.69) is 41.4 Å². The van der Waals surface area contributed by atoms with Gasteiger partial charge in [-0.1, -0.05) is 18.2 Å². The average molecular weight is 271 g/mol. The van der Waals surface area contributed by atoms with Crippen LogP contribution in [0.5, 0.6) is 11.6 Å². The molecule has 0 aliphatic rings. The van der Waals surface area contributed by atoms with Gasteiger partial charge in [-0.15, -0.1) is 0 Å². The van der Waals surface area contributed by atoms with Crippen LogP contribution in [0.1, 0.15) is 11.6 Å². The lowest BCUT2D eigenvalue weighted by Gasteiger charge is -2.24. The first-order valence-electron chi connectivity index (χ1n) is 6.70. The Bertz CT molecular complexity index is 511. The highest BCUT2D eigenvalue weighted by atomic mass is 16.5. The highest BCUT2D eigenvalue weighted by Gasteiger charge is 2.12. The Labute approximate surface area is 120 Å². The molecule has 0 fully saturated rings. The summed E-state index contributed by atoms with van der Waals surface area (Å²) in [5, 5.41) is 3.22. The van der Waals surface area contributed by atoms with Crippen molar-refractivity contribution in [1.82, 2.24) is 15.2 Å². The van der Waals surface area contributed by atoms with Crippen LogP contribution >= 0.6 is 0 Å². The van der Waals surface area contributed by atoms with Gasteiger partial charge in [0.2, 0.25) is 5.88 Å². The van der Waals surface area contributed by atoms with Gasteiger partial charge in [-0.05, 0) is 44.9 Å². The molecule has 1 aromatic heterocycles. The summed E-state index contributed by atoms with van der Waals surface area (Å²) in [5.74, 6) is 1.41. The molecule has 0 spiro atoms. The van der Waals surface area contributed by atoms with Gasteiger partial charge in [0, 0.05) is 24.8 Å². The lowest BCUT2D eigenvalue weighted by atomic mass is 10.1. The van der Waals surface area contributed by atoms with Crippen LogP contribution in [-0.2, 0) is 0 Å². The van der Waals surface area contributed by atoms with Gasteiger partial charge in [0.15, 0.2) is 0 Å². The van der Waals surface area contributed by atoms with Crippen molar-refractivity contribution >= 4 is 0 Å². The van der Waals surface area contributed by atoms with Crippen molar-refractivity contribution < 1.29 is 4.74 Å². The topological polar surface area (TPSA) is 37.4 Å². The van der Waals surface area contributed by atoms with Crippen molar-refractivity contribution in [1.29, 1.82) is 0 Å². The summed E-state index contributed by atoms with van der Waals surface area (Å²) in [6.07, 6.45) is 1.72. The molecule has 1 heterocycles. The lowest BCUT2D eigenvalue weighted by molar-refractivity contribution is 0.293. The van der Waals surface area contributed by atoms with E-state index in [-0.39, 0.29) is 0 Å². The zero-order valence-corrected chi connectivity index (χ0v) is 12.2. The van der Waals surface area contributed by atoms with Crippen molar-refractivity contribution in [2.24, 2.45) is 0 Å². The minimum atomic E-state index is 0.351. The zero-order valence-electron chi connectivity index (χ0n) is 12.2. The molecule has 0 aliphatic carbocycles. The van der Waals surface area contributed by atoms with Crippen molar-refractivity contribution in [3.05, 3.63) is 54.2 Å². The van der Waals surface area contributed by atoms with Gasteiger partial charge in [0.1, 0.15) is 5.75 Å². The van der Waals surface area contributed by atoms with Gasteiger partial charge in [0.25, 0.3) is 0 Å². The Balaban J connectivity index is 2.09. The number of ether oxygens (including phenoxy) is 1. The molecule has 0 radical (unpaired) electrons. The molecule has 4 nitrogen and oxygen atoms in total. The number of aromatic nitrogens is 1. The van der Waals surface area contributed by atoms with Gasteiger partial charge in [0.05, 0.1) is 0 Å². The molecule has 1 N–H and O–H groups in total. The third-order valence-electron chi connectivity index (χ3n) is 3.15. The lowest BCUT2D eigenvalue weighted by Crippen LogP contribution is -2.29. The molecular formula is C16H21N3O. The predicted octanol–water partition coefficient (Wildman–Crippen LogP) is 2.70. The summed E-state index contributed by atoms with van der Waals surface area (Å²) in [6.45, 7) is 0.910. The van der Waals surface area contributed by atoms with Crippen LogP contribution in [0.2, 0.25) is 0 Å². The van der Waals surface area contributed by atoms with Crippen molar-refractivity contribution in [2.45, 2.75) is 6.04 Å². The Morgan fingerprint density at radius 3 is 2.45 bits per heavy atom. The Morgan fingerprint density at radius 1 is 1.15 bits per heavy atom. The van der Waals surface area contributed by atoms with Gasteiger partial charge in [-0.2, -0.15) is 0 Å². The molecule has 1 atom stereocenters. The van der Waals surface area contributed by atoms with Crippen LogP contribution in [0.25, 0.3) is 0 Å². The SMILES string of the molecule is CNCC(c1ccc(Oc2ccccn2)cc1)N(C)C. The van der Waals surface area contributed by atoms with E-state index in [9.17, 15) is 0 Å². The maximum atomic E-state index is 5.69. The second kappa shape index (κ2) is 7.03. The summed E-state index contributed by atoms with van der Waals surface area (Å²) in [6, 6.07) is 14.1. The summed E-state index contributed by atoms with van der Waals surface area (Å²) < 4.78 is 5.69. The number of hydrogen-bond acceptors (Lipinski definition) is 4. The molecule has 2 aromatic rings. The Hall–Kier alpha value is -1.91. The fraction of sp³-hybridized carbons (Fsp3) is 0.312. The summed E-state index contributed by atoms with van der Waals surface area (Å²) in [7, 11) is 6.13. The van der Waals surface area contributed by atoms with Crippen LogP contribution in [0.4, 0.5) is 0 Å². The largest absolute Gasteiger partial charge is 0.439 e. The molecule has 2 rings (SSSR count). The van der Waals surface area contributed by atoms with E-state index >= 15 is 0 Å². The maximum Gasteiger partial charge on any atom is 0.219 e. The van der Waals surface area contributed by atoms with Crippen LogP contribution in [0.3, 0.4) is 0 Å². The second-order valence-electron chi connectivity index (χ2n) is 4.88. The van der Waals surface area contributed by atoms with Gasteiger partial charge >= 0.3 is 0 Å². The predicted molar refractivity (Wildman–Crippen MR) is 81.1 cm³/mol. The van der Waals surface area contributed by atoms with E-state index in [1.165, 1.54) is 5.56 Å². The van der Waals surface area contributed by atoms with Crippen LogP contribution < -0.4 is 10.1 Å². The minimum Gasteiger partial charge on any atom is -0.439 e. The van der Waals surface area contributed by atoms with E-state index < -0.39 is 0 Å². The number of nitrogens with one attached hydrogen (secondary N) is 1. The molecule has 1 unspecified atom stereocenters. The monoisotopic (exact) mass is 271 g/mol. The summed E-state index contributed by atoms with van der Waals surface area (Å²) in [4.78, 5) is 6.35. The van der Waals surface area contributed by atoms with Crippen LogP contribution in [0.15, 0.2) is 48.7 Å². The van der Waals surface area contributed by atoms with E-state index in [0.29, 0.717) is 11.9 Å². The number of nitrogens with zero attached hydrogens (tertiary/aromatic N) is 2. The average Bonchev–Trinajstić information content (AvgIpc) is 2.47. The number of likely N-dealkylation sites (N-methyl/N-ethyl adjacent to an activating group) is 2. The third-order valence-corrected chi connectivity index (χ3v) is 3.15. The highest BCUT2D eigenvalue weighted by molar-refractivity contribution is 5.32. The number of hydrogen-bond donors (Lipinski definition) is 1. The molecular weight excluding hydrogens is 250 g/mol. The Morgan fingerprint density at radius 2 is 1.90 bits per heavy atom. The van der Waals surface area contributed by atoms with Crippen molar-refractivity contribution in [2.75, 3.05) is 27.7 Å². The van der Waals surface area contributed by atoms with Gasteiger partial charge in [-0.3, -0.25) is 0 Å². The summed E-state index contributed by atoms with van der Waals surface area (Å²) >= 11 is 0. The number of benzene rings is 1. The molecule has 0 amide bonds. The molecule has 20 heavy (non-hydrogen) atoms. The molecule has 4 heteroatoms. The van der Waals surface area contributed by atoms with E-state index in [1.807, 2.05) is 37.4 Å². The van der Waals surface area contributed by atoms with Gasteiger partial charge in [-0.25, -0.2) is 4.98 Å². The minimum absolute atomic E-state index is 0.351. The number of pyridine rings is 1. The highest BCUT2D eigenvalue weighted by Crippen LogP contribution is 2.23. The molecule has 0 aliphatic heterocycles. The fourth-order valence-electron chi connectivity index (χ4n) is 2.08. The second-order valence-corrected chi connectivity index (χ2v) is 4.88. The van der Waals surface area contributed by atoms with Gasteiger partial charge < -0.3 is 15.0 Å². The molecule has 1 aromatic carbocycles. The molecule has 0 saturated heterocycles. The third kappa shape index (κ3) is 3.79. The normalized spacial score (nSPS) is 12.4. The quantitative estimate of drug-likeness (QED) is 0.876. The standard InChI is InChI=1S/C16H21N3O/c1-17-12-15(19(2)3)13-7-9-14(10-8-13)20-16-6-4-5-11-18-16/h4-11,15,17H,12H2,1-3H3. The first-order chi connectivity index (χ1) is 9.70. The van der Waals surface area contributed by atoms with Crippen LogP contribution in [-0.4, -0.2) is 37.6 Å². The number of rotatable bonds is 6. The molecule has 0 bridgehead atoms. The zero-order chi connectivity index (χ0) is 14.4. The Kier molecular flexibility index (Phi) is 5.09. The maximum absolute atomic E-state index is 5.69. The smallest absolute Gasteiger partial charge is 0.219 e. The fourth-order valence-corrected chi connectivity index (χ4v) is 2.08.